The summed E-state index contributed by atoms with van der Waals surface area (Å²) in [4.78, 5) is 16.6. The number of anilines is 1. The van der Waals surface area contributed by atoms with Crippen LogP contribution >= 0.6 is 15.9 Å². The van der Waals surface area contributed by atoms with E-state index in [2.05, 4.69) is 25.8 Å². The van der Waals surface area contributed by atoms with E-state index in [1.54, 1.807) is 6.20 Å². The maximum atomic E-state index is 11.8. The van der Waals surface area contributed by atoms with Crippen LogP contribution in [0.25, 0.3) is 0 Å². The molecule has 3 heterocycles. The van der Waals surface area contributed by atoms with Crippen molar-refractivity contribution in [1.82, 2.24) is 4.98 Å². The van der Waals surface area contributed by atoms with Crippen LogP contribution in [0.3, 0.4) is 0 Å². The summed E-state index contributed by atoms with van der Waals surface area (Å²) in [5, 5.41) is 0. The normalized spacial score (nSPS) is 22.5. The Kier molecular flexibility index (Phi) is 2.72. The molecule has 2 fully saturated rings. The van der Waals surface area contributed by atoms with Gasteiger partial charge >= 0.3 is 0 Å². The summed E-state index contributed by atoms with van der Waals surface area (Å²) in [5.74, 6) is 0. The lowest BCUT2D eigenvalue weighted by Gasteiger charge is -2.48. The van der Waals surface area contributed by atoms with Gasteiger partial charge in [-0.25, -0.2) is 0 Å². The largest absolute Gasteiger partial charge is 0.375 e. The first kappa shape index (κ1) is 11.3. The first-order valence-electron chi connectivity index (χ1n) is 5.53. The lowest BCUT2D eigenvalue weighted by Crippen LogP contribution is -2.63. The molecule has 0 radical (unpaired) electrons. The summed E-state index contributed by atoms with van der Waals surface area (Å²) in [6.45, 7) is 3.33. The third-order valence-electron chi connectivity index (χ3n) is 3.17. The van der Waals surface area contributed by atoms with Crippen molar-refractivity contribution in [2.45, 2.75) is 5.60 Å². The van der Waals surface area contributed by atoms with E-state index in [9.17, 15) is 4.79 Å². The van der Waals surface area contributed by atoms with Crippen molar-refractivity contribution in [3.8, 4) is 0 Å². The summed E-state index contributed by atoms with van der Waals surface area (Å²) < 4.78 is 11.8. The number of hydrogen-bond donors (Lipinski definition) is 1. The highest BCUT2D eigenvalue weighted by molar-refractivity contribution is 9.10. The van der Waals surface area contributed by atoms with Crippen molar-refractivity contribution >= 4 is 21.6 Å². The minimum atomic E-state index is -0.201. The predicted octanol–water partition coefficient (Wildman–Crippen LogP) is 0.743. The van der Waals surface area contributed by atoms with E-state index in [4.69, 9.17) is 9.47 Å². The number of H-pyrrole nitrogens is 1. The van der Waals surface area contributed by atoms with Gasteiger partial charge in [-0.2, -0.15) is 0 Å². The second kappa shape index (κ2) is 4.12. The average Bonchev–Trinajstić information content (AvgIpc) is 2.30. The van der Waals surface area contributed by atoms with Gasteiger partial charge in [-0.15, -0.1) is 0 Å². The first-order chi connectivity index (χ1) is 8.19. The molecule has 0 unspecified atom stereocenters. The summed E-state index contributed by atoms with van der Waals surface area (Å²) in [6.07, 6.45) is 1.65. The fraction of sp³-hybridized carbons (Fsp3) is 0.545. The van der Waals surface area contributed by atoms with Crippen LogP contribution in [0.15, 0.2) is 21.5 Å². The van der Waals surface area contributed by atoms with Crippen LogP contribution in [0, 0.1) is 0 Å². The van der Waals surface area contributed by atoms with Crippen LogP contribution in [0.2, 0.25) is 0 Å². The topological polar surface area (TPSA) is 54.6 Å². The van der Waals surface area contributed by atoms with Crippen molar-refractivity contribution in [3.05, 3.63) is 27.1 Å². The minimum absolute atomic E-state index is 0.0644. The van der Waals surface area contributed by atoms with Crippen LogP contribution < -0.4 is 10.5 Å². The zero-order valence-corrected chi connectivity index (χ0v) is 10.8. The second-order valence-electron chi connectivity index (χ2n) is 4.48. The van der Waals surface area contributed by atoms with Gasteiger partial charge in [-0.05, 0) is 22.0 Å². The minimum Gasteiger partial charge on any atom is -0.375 e. The van der Waals surface area contributed by atoms with Gasteiger partial charge in [0.1, 0.15) is 11.3 Å². The molecule has 0 atom stereocenters. The molecule has 2 saturated heterocycles. The van der Waals surface area contributed by atoms with Gasteiger partial charge in [0, 0.05) is 17.2 Å². The molecule has 1 N–H and O–H groups in total. The number of morpholine rings is 1. The van der Waals surface area contributed by atoms with Crippen LogP contribution in [-0.4, -0.2) is 43.5 Å². The maximum Gasteiger partial charge on any atom is 0.271 e. The molecule has 0 aromatic carbocycles. The summed E-state index contributed by atoms with van der Waals surface area (Å²) in [7, 11) is 0. The van der Waals surface area contributed by atoms with E-state index < -0.39 is 0 Å². The molecule has 6 heteroatoms. The Labute approximate surface area is 107 Å². The second-order valence-corrected chi connectivity index (χ2v) is 5.39. The Morgan fingerprint density at radius 3 is 3.00 bits per heavy atom. The molecule has 3 rings (SSSR count). The molecule has 0 saturated carbocycles. The van der Waals surface area contributed by atoms with Crippen LogP contribution in [-0.2, 0) is 9.47 Å². The zero-order chi connectivity index (χ0) is 11.9. The van der Waals surface area contributed by atoms with E-state index in [1.165, 1.54) is 0 Å². The van der Waals surface area contributed by atoms with E-state index in [0.29, 0.717) is 32.1 Å². The fourth-order valence-electron chi connectivity index (χ4n) is 2.24. The standard InChI is InChI=1S/C11H13BrN2O3/c12-8-3-9(10(15)13-4-8)14-1-2-17-11(5-14)6-16-7-11/h3-4H,1-2,5-7H2,(H,13,15). The SMILES string of the molecule is O=c1[nH]cc(Br)cc1N1CCOC2(COC2)C1. The number of nitrogens with one attached hydrogen (secondary N) is 1. The molecular weight excluding hydrogens is 288 g/mol. The van der Waals surface area contributed by atoms with E-state index >= 15 is 0 Å². The first-order valence-corrected chi connectivity index (χ1v) is 6.33. The number of nitrogens with zero attached hydrogens (tertiary/aromatic N) is 1. The number of ether oxygens (including phenoxy) is 2. The Hall–Kier alpha value is -0.850. The van der Waals surface area contributed by atoms with Gasteiger partial charge in [0.25, 0.3) is 5.56 Å². The Bertz CT molecular complexity index is 484. The number of rotatable bonds is 1. The molecule has 17 heavy (non-hydrogen) atoms. The Balaban J connectivity index is 1.88. The van der Waals surface area contributed by atoms with E-state index in [-0.39, 0.29) is 11.2 Å². The highest BCUT2D eigenvalue weighted by Gasteiger charge is 2.44. The van der Waals surface area contributed by atoms with Crippen molar-refractivity contribution in [3.63, 3.8) is 0 Å². The lowest BCUT2D eigenvalue weighted by atomic mass is 9.99. The zero-order valence-electron chi connectivity index (χ0n) is 9.24. The molecule has 2 aliphatic rings. The van der Waals surface area contributed by atoms with Crippen molar-refractivity contribution < 1.29 is 9.47 Å². The van der Waals surface area contributed by atoms with Crippen molar-refractivity contribution in [1.29, 1.82) is 0 Å². The highest BCUT2D eigenvalue weighted by atomic mass is 79.9. The molecule has 1 aromatic rings. The summed E-state index contributed by atoms with van der Waals surface area (Å²) >= 11 is 3.37. The smallest absolute Gasteiger partial charge is 0.271 e. The lowest BCUT2D eigenvalue weighted by molar-refractivity contribution is -0.211. The Morgan fingerprint density at radius 1 is 1.47 bits per heavy atom. The van der Waals surface area contributed by atoms with Crippen LogP contribution in [0.1, 0.15) is 0 Å². The van der Waals surface area contributed by atoms with Crippen LogP contribution in [0.4, 0.5) is 5.69 Å². The molecule has 1 spiro atoms. The van der Waals surface area contributed by atoms with Gasteiger partial charge in [0.15, 0.2) is 0 Å². The van der Waals surface area contributed by atoms with E-state index in [0.717, 1.165) is 11.0 Å². The molecule has 1 aromatic heterocycles. The maximum absolute atomic E-state index is 11.8. The van der Waals surface area contributed by atoms with Gasteiger partial charge < -0.3 is 19.4 Å². The van der Waals surface area contributed by atoms with Gasteiger partial charge in [-0.1, -0.05) is 0 Å². The van der Waals surface area contributed by atoms with Gasteiger partial charge in [-0.3, -0.25) is 4.79 Å². The molecule has 0 bridgehead atoms. The number of aromatic amines is 1. The number of pyridine rings is 1. The van der Waals surface area contributed by atoms with Crippen molar-refractivity contribution in [2.24, 2.45) is 0 Å². The molecule has 92 valence electrons. The number of halogens is 1. The van der Waals surface area contributed by atoms with Gasteiger partial charge in [0.2, 0.25) is 0 Å². The third-order valence-corrected chi connectivity index (χ3v) is 3.63. The van der Waals surface area contributed by atoms with Gasteiger partial charge in [0.05, 0.1) is 26.4 Å². The summed E-state index contributed by atoms with van der Waals surface area (Å²) in [6, 6.07) is 1.84. The quantitative estimate of drug-likeness (QED) is 0.831. The molecule has 5 nitrogen and oxygen atoms in total. The fourth-order valence-corrected chi connectivity index (χ4v) is 2.57. The van der Waals surface area contributed by atoms with Crippen molar-refractivity contribution in [2.75, 3.05) is 37.8 Å². The molecular formula is C11H13BrN2O3. The van der Waals surface area contributed by atoms with E-state index in [1.807, 2.05) is 6.07 Å². The highest BCUT2D eigenvalue weighted by Crippen LogP contribution is 2.28. The monoisotopic (exact) mass is 300 g/mol. The number of aromatic nitrogens is 1. The Morgan fingerprint density at radius 2 is 2.29 bits per heavy atom. The average molecular weight is 301 g/mol. The van der Waals surface area contributed by atoms with Crippen LogP contribution in [0.5, 0.6) is 0 Å². The third kappa shape index (κ3) is 2.00. The molecule has 0 aliphatic carbocycles. The summed E-state index contributed by atoms with van der Waals surface area (Å²) in [5.41, 5.74) is 0.423. The predicted molar refractivity (Wildman–Crippen MR) is 66.5 cm³/mol. The molecule has 2 aliphatic heterocycles. The number of hydrogen-bond acceptors (Lipinski definition) is 4. The molecule has 0 amide bonds.